The number of carbonyl (C=O) groups excluding carboxylic acids is 1. The number of benzene rings is 1. The second kappa shape index (κ2) is 8.53. The smallest absolute Gasteiger partial charge is 0.322 e. The molecule has 0 aliphatic carbocycles. The third-order valence-corrected chi connectivity index (χ3v) is 3.86. The first kappa shape index (κ1) is 17.3. The van der Waals surface area contributed by atoms with Crippen molar-refractivity contribution in [2.45, 2.75) is 19.8 Å². The van der Waals surface area contributed by atoms with Crippen molar-refractivity contribution in [3.8, 4) is 0 Å². The van der Waals surface area contributed by atoms with Crippen LogP contribution in [0.25, 0.3) is 0 Å². The zero-order valence-corrected chi connectivity index (χ0v) is 13.5. The van der Waals surface area contributed by atoms with E-state index >= 15 is 0 Å². The van der Waals surface area contributed by atoms with Gasteiger partial charge in [-0.05, 0) is 25.0 Å². The van der Waals surface area contributed by atoms with Gasteiger partial charge in [0.05, 0.1) is 12.2 Å². The first-order valence-corrected chi connectivity index (χ1v) is 8.03. The molecule has 0 radical (unpaired) electrons. The summed E-state index contributed by atoms with van der Waals surface area (Å²) >= 11 is 0. The van der Waals surface area contributed by atoms with Crippen LogP contribution in [0.5, 0.6) is 0 Å². The standard InChI is InChI=1S/C17H24N2O4/c1-2-9-23-12-13-7-8-19(11-13)17(22)14-5-3-4-6-15(14)18-10-16(20)21/h3-6,13,18H,2,7-12H2,1H3,(H,20,21)/t13-/m0/s1. The van der Waals surface area contributed by atoms with Crippen LogP contribution in [0.1, 0.15) is 30.1 Å². The number of hydrogen-bond donors (Lipinski definition) is 2. The Morgan fingerprint density at radius 3 is 2.91 bits per heavy atom. The van der Waals surface area contributed by atoms with Gasteiger partial charge in [-0.1, -0.05) is 19.1 Å². The summed E-state index contributed by atoms with van der Waals surface area (Å²) < 4.78 is 5.57. The second-order valence-electron chi connectivity index (χ2n) is 5.77. The lowest BCUT2D eigenvalue weighted by Crippen LogP contribution is -2.30. The minimum atomic E-state index is -0.957. The minimum Gasteiger partial charge on any atom is -0.480 e. The Labute approximate surface area is 136 Å². The van der Waals surface area contributed by atoms with Crippen LogP contribution in [0.15, 0.2) is 24.3 Å². The average Bonchev–Trinajstić information content (AvgIpc) is 3.01. The minimum absolute atomic E-state index is 0.0588. The fourth-order valence-corrected chi connectivity index (χ4v) is 2.71. The molecular formula is C17H24N2O4. The van der Waals surface area contributed by atoms with E-state index in [9.17, 15) is 9.59 Å². The largest absolute Gasteiger partial charge is 0.480 e. The van der Waals surface area contributed by atoms with Crippen LogP contribution in [0, 0.1) is 5.92 Å². The van der Waals surface area contributed by atoms with E-state index in [1.165, 1.54) is 0 Å². The van der Waals surface area contributed by atoms with Gasteiger partial charge in [-0.2, -0.15) is 0 Å². The van der Waals surface area contributed by atoms with E-state index in [4.69, 9.17) is 9.84 Å². The number of anilines is 1. The number of aliphatic carboxylic acids is 1. The SMILES string of the molecule is CCCOC[C@H]1CCN(C(=O)c2ccccc2NCC(=O)O)C1. The second-order valence-corrected chi connectivity index (χ2v) is 5.77. The van der Waals surface area contributed by atoms with Gasteiger partial charge < -0.3 is 20.1 Å². The normalized spacial score (nSPS) is 17.3. The fourth-order valence-electron chi connectivity index (χ4n) is 2.71. The molecule has 1 amide bonds. The molecule has 1 aromatic rings. The predicted molar refractivity (Wildman–Crippen MR) is 87.7 cm³/mol. The summed E-state index contributed by atoms with van der Waals surface area (Å²) in [5.41, 5.74) is 1.08. The molecule has 0 aromatic heterocycles. The molecule has 23 heavy (non-hydrogen) atoms. The first-order chi connectivity index (χ1) is 11.1. The molecule has 6 nitrogen and oxygen atoms in total. The molecule has 1 atom stereocenters. The zero-order valence-electron chi connectivity index (χ0n) is 13.5. The van der Waals surface area contributed by atoms with Gasteiger partial charge in [-0.25, -0.2) is 0 Å². The number of rotatable bonds is 8. The zero-order chi connectivity index (χ0) is 16.7. The van der Waals surface area contributed by atoms with Crippen LogP contribution in [-0.4, -0.2) is 54.7 Å². The van der Waals surface area contributed by atoms with E-state index in [0.717, 1.165) is 19.4 Å². The van der Waals surface area contributed by atoms with Crippen LogP contribution in [-0.2, 0) is 9.53 Å². The topological polar surface area (TPSA) is 78.9 Å². The number of carbonyl (C=O) groups is 2. The van der Waals surface area contributed by atoms with E-state index in [1.54, 1.807) is 24.3 Å². The Bertz CT molecular complexity index is 547. The highest BCUT2D eigenvalue weighted by molar-refractivity contribution is 6.00. The maximum atomic E-state index is 12.7. The van der Waals surface area contributed by atoms with Crippen molar-refractivity contribution in [3.63, 3.8) is 0 Å². The van der Waals surface area contributed by atoms with Gasteiger partial charge in [0, 0.05) is 31.3 Å². The molecule has 1 aliphatic rings. The number of ether oxygens (including phenoxy) is 1. The first-order valence-electron chi connectivity index (χ1n) is 8.03. The number of nitrogens with zero attached hydrogens (tertiary/aromatic N) is 1. The number of carboxylic acids is 1. The van der Waals surface area contributed by atoms with Crippen molar-refractivity contribution in [2.75, 3.05) is 38.2 Å². The van der Waals surface area contributed by atoms with Crippen molar-refractivity contribution in [3.05, 3.63) is 29.8 Å². The molecule has 1 aliphatic heterocycles. The van der Waals surface area contributed by atoms with Crippen LogP contribution < -0.4 is 5.32 Å². The third-order valence-electron chi connectivity index (χ3n) is 3.86. The van der Waals surface area contributed by atoms with Crippen LogP contribution in [0.2, 0.25) is 0 Å². The van der Waals surface area contributed by atoms with Gasteiger partial charge >= 0.3 is 5.97 Å². The number of amides is 1. The quantitative estimate of drug-likeness (QED) is 0.717. The third kappa shape index (κ3) is 4.96. The van der Waals surface area contributed by atoms with Crippen molar-refractivity contribution < 1.29 is 19.4 Å². The number of para-hydroxylation sites is 1. The van der Waals surface area contributed by atoms with Gasteiger partial charge in [0.1, 0.15) is 6.54 Å². The van der Waals surface area contributed by atoms with Crippen molar-refractivity contribution in [2.24, 2.45) is 5.92 Å². The summed E-state index contributed by atoms with van der Waals surface area (Å²) in [6.45, 7) is 4.72. The summed E-state index contributed by atoms with van der Waals surface area (Å²) in [7, 11) is 0. The van der Waals surface area contributed by atoms with Crippen molar-refractivity contribution >= 4 is 17.6 Å². The van der Waals surface area contributed by atoms with E-state index in [0.29, 0.717) is 36.9 Å². The molecule has 1 saturated heterocycles. The molecular weight excluding hydrogens is 296 g/mol. The number of nitrogens with one attached hydrogen (secondary N) is 1. The van der Waals surface area contributed by atoms with Crippen LogP contribution >= 0.6 is 0 Å². The highest BCUT2D eigenvalue weighted by Crippen LogP contribution is 2.22. The summed E-state index contributed by atoms with van der Waals surface area (Å²) in [6, 6.07) is 7.03. The monoisotopic (exact) mass is 320 g/mol. The Balaban J connectivity index is 1.97. The van der Waals surface area contributed by atoms with E-state index in [2.05, 4.69) is 12.2 Å². The summed E-state index contributed by atoms with van der Waals surface area (Å²) in [5.74, 6) is -0.636. The predicted octanol–water partition coefficient (Wildman–Crippen LogP) is 2.07. The summed E-state index contributed by atoms with van der Waals surface area (Å²) in [4.78, 5) is 25.2. The van der Waals surface area contributed by atoms with E-state index in [1.807, 2.05) is 4.90 Å². The highest BCUT2D eigenvalue weighted by atomic mass is 16.5. The molecule has 0 bridgehead atoms. The van der Waals surface area contributed by atoms with Gasteiger partial charge in [-0.3, -0.25) is 9.59 Å². The van der Waals surface area contributed by atoms with E-state index in [-0.39, 0.29) is 12.5 Å². The number of carboxylic acid groups (broad SMARTS) is 1. The fraction of sp³-hybridized carbons (Fsp3) is 0.529. The van der Waals surface area contributed by atoms with E-state index < -0.39 is 5.97 Å². The van der Waals surface area contributed by atoms with Crippen LogP contribution in [0.4, 0.5) is 5.69 Å². The molecule has 0 spiro atoms. The molecule has 0 unspecified atom stereocenters. The molecule has 1 heterocycles. The molecule has 1 fully saturated rings. The summed E-state index contributed by atoms with van der Waals surface area (Å²) in [5, 5.41) is 11.6. The average molecular weight is 320 g/mol. The molecule has 2 N–H and O–H groups in total. The van der Waals surface area contributed by atoms with Gasteiger partial charge in [0.2, 0.25) is 0 Å². The molecule has 126 valence electrons. The number of likely N-dealkylation sites (tertiary alicyclic amines) is 1. The lowest BCUT2D eigenvalue weighted by molar-refractivity contribution is -0.134. The van der Waals surface area contributed by atoms with Gasteiger partial charge in [-0.15, -0.1) is 0 Å². The Hall–Kier alpha value is -2.08. The van der Waals surface area contributed by atoms with Gasteiger partial charge in [0.15, 0.2) is 0 Å². The van der Waals surface area contributed by atoms with Gasteiger partial charge in [0.25, 0.3) is 5.91 Å². The molecule has 1 aromatic carbocycles. The van der Waals surface area contributed by atoms with Crippen molar-refractivity contribution in [1.82, 2.24) is 4.90 Å². The molecule has 0 saturated carbocycles. The summed E-state index contributed by atoms with van der Waals surface area (Å²) in [6.07, 6.45) is 1.94. The lowest BCUT2D eigenvalue weighted by Gasteiger charge is -2.19. The number of hydrogen-bond acceptors (Lipinski definition) is 4. The maximum Gasteiger partial charge on any atom is 0.322 e. The maximum absolute atomic E-state index is 12.7. The highest BCUT2D eigenvalue weighted by Gasteiger charge is 2.28. The van der Waals surface area contributed by atoms with Crippen LogP contribution in [0.3, 0.4) is 0 Å². The Kier molecular flexibility index (Phi) is 6.40. The Morgan fingerprint density at radius 2 is 2.17 bits per heavy atom. The Morgan fingerprint density at radius 1 is 1.39 bits per heavy atom. The lowest BCUT2D eigenvalue weighted by atomic mass is 10.1. The molecule has 6 heteroatoms. The molecule has 2 rings (SSSR count). The van der Waals surface area contributed by atoms with Crippen molar-refractivity contribution in [1.29, 1.82) is 0 Å².